The van der Waals surface area contributed by atoms with E-state index in [1.807, 2.05) is 6.92 Å². The zero-order valence-corrected chi connectivity index (χ0v) is 10.9. The van der Waals surface area contributed by atoms with Gasteiger partial charge in [-0.3, -0.25) is 4.79 Å². The highest BCUT2D eigenvalue weighted by Gasteiger charge is 2.09. The third-order valence-electron chi connectivity index (χ3n) is 2.29. The fraction of sp³-hybridized carbons (Fsp3) is 0.455. The molecule has 0 aromatic carbocycles. The van der Waals surface area contributed by atoms with E-state index in [9.17, 15) is 9.90 Å². The van der Waals surface area contributed by atoms with Crippen LogP contribution in [-0.4, -0.2) is 28.6 Å². The molecule has 4 nitrogen and oxygen atoms in total. The number of nitrogens with one attached hydrogen (secondary N) is 1. The van der Waals surface area contributed by atoms with Crippen LogP contribution in [0.1, 0.15) is 30.1 Å². The van der Waals surface area contributed by atoms with Crippen LogP contribution in [0.4, 0.5) is 0 Å². The minimum atomic E-state index is -0.387. The molecule has 2 N–H and O–H groups in total. The molecule has 1 heterocycles. The Balaban J connectivity index is 2.50. The standard InChI is InChI=1S/C11H14Cl2N2O2/c1-2-8(16)3-4-14-11(17)7-5-9(12)10(13)15-6-7/h5-6,8,16H,2-4H2,1H3,(H,14,17). The van der Waals surface area contributed by atoms with Gasteiger partial charge in [0.1, 0.15) is 5.15 Å². The molecule has 0 aliphatic rings. The maximum Gasteiger partial charge on any atom is 0.252 e. The van der Waals surface area contributed by atoms with E-state index in [2.05, 4.69) is 10.3 Å². The number of nitrogens with zero attached hydrogens (tertiary/aromatic N) is 1. The zero-order chi connectivity index (χ0) is 12.8. The second-order valence-corrected chi connectivity index (χ2v) is 4.37. The van der Waals surface area contributed by atoms with Gasteiger partial charge in [-0.1, -0.05) is 30.1 Å². The maximum absolute atomic E-state index is 11.6. The molecule has 1 atom stereocenters. The molecule has 0 spiro atoms. The van der Waals surface area contributed by atoms with E-state index in [1.165, 1.54) is 12.3 Å². The van der Waals surface area contributed by atoms with Gasteiger partial charge >= 0.3 is 0 Å². The van der Waals surface area contributed by atoms with E-state index in [-0.39, 0.29) is 22.2 Å². The van der Waals surface area contributed by atoms with Gasteiger partial charge in [-0.15, -0.1) is 0 Å². The lowest BCUT2D eigenvalue weighted by Gasteiger charge is -2.08. The topological polar surface area (TPSA) is 62.2 Å². The molecular formula is C11H14Cl2N2O2. The second kappa shape index (κ2) is 6.79. The van der Waals surface area contributed by atoms with Crippen molar-refractivity contribution in [3.63, 3.8) is 0 Å². The SMILES string of the molecule is CCC(O)CCNC(=O)c1cnc(Cl)c(Cl)c1. The average Bonchev–Trinajstić information content (AvgIpc) is 2.32. The Labute approximate surface area is 110 Å². The van der Waals surface area contributed by atoms with Crippen molar-refractivity contribution in [3.8, 4) is 0 Å². The van der Waals surface area contributed by atoms with Crippen molar-refractivity contribution < 1.29 is 9.90 Å². The largest absolute Gasteiger partial charge is 0.393 e. The van der Waals surface area contributed by atoms with Crippen LogP contribution < -0.4 is 5.32 Å². The van der Waals surface area contributed by atoms with Gasteiger partial charge in [0.15, 0.2) is 0 Å². The highest BCUT2D eigenvalue weighted by atomic mass is 35.5. The molecule has 0 saturated carbocycles. The highest BCUT2D eigenvalue weighted by Crippen LogP contribution is 2.19. The van der Waals surface area contributed by atoms with Gasteiger partial charge in [-0.25, -0.2) is 4.98 Å². The molecule has 1 rings (SSSR count). The Hall–Kier alpha value is -0.840. The molecular weight excluding hydrogens is 263 g/mol. The summed E-state index contributed by atoms with van der Waals surface area (Å²) in [7, 11) is 0. The monoisotopic (exact) mass is 276 g/mol. The van der Waals surface area contributed by atoms with Gasteiger partial charge in [-0.2, -0.15) is 0 Å². The maximum atomic E-state index is 11.6. The summed E-state index contributed by atoms with van der Waals surface area (Å²) in [4.78, 5) is 15.4. The molecule has 1 amide bonds. The number of pyridine rings is 1. The molecule has 1 aromatic heterocycles. The van der Waals surface area contributed by atoms with Gasteiger partial charge in [0.2, 0.25) is 0 Å². The number of aromatic nitrogens is 1. The summed E-state index contributed by atoms with van der Waals surface area (Å²) < 4.78 is 0. The molecule has 0 bridgehead atoms. The van der Waals surface area contributed by atoms with Crippen molar-refractivity contribution in [1.82, 2.24) is 10.3 Å². The van der Waals surface area contributed by atoms with Crippen LogP contribution in [-0.2, 0) is 0 Å². The van der Waals surface area contributed by atoms with Crippen LogP contribution in [0, 0.1) is 0 Å². The van der Waals surface area contributed by atoms with Crippen molar-refractivity contribution in [2.45, 2.75) is 25.9 Å². The van der Waals surface area contributed by atoms with Crippen molar-refractivity contribution in [1.29, 1.82) is 0 Å². The van der Waals surface area contributed by atoms with Crippen LogP contribution in [0.2, 0.25) is 10.2 Å². The summed E-state index contributed by atoms with van der Waals surface area (Å²) in [5.74, 6) is -0.278. The van der Waals surface area contributed by atoms with Gasteiger partial charge < -0.3 is 10.4 Å². The first-order valence-corrected chi connectivity index (χ1v) is 6.07. The van der Waals surface area contributed by atoms with Crippen LogP contribution in [0.3, 0.4) is 0 Å². The smallest absolute Gasteiger partial charge is 0.252 e. The molecule has 0 aliphatic carbocycles. The predicted molar refractivity (Wildman–Crippen MR) is 67.5 cm³/mol. The Morgan fingerprint density at radius 3 is 2.88 bits per heavy atom. The third kappa shape index (κ3) is 4.50. The molecule has 6 heteroatoms. The minimum Gasteiger partial charge on any atom is -0.393 e. The molecule has 17 heavy (non-hydrogen) atoms. The third-order valence-corrected chi connectivity index (χ3v) is 2.98. The Bertz CT molecular complexity index is 399. The van der Waals surface area contributed by atoms with Gasteiger partial charge in [-0.05, 0) is 18.9 Å². The number of carbonyl (C=O) groups excluding carboxylic acids is 1. The van der Waals surface area contributed by atoms with E-state index in [4.69, 9.17) is 23.2 Å². The van der Waals surface area contributed by atoms with Crippen molar-refractivity contribution in [3.05, 3.63) is 28.0 Å². The molecule has 94 valence electrons. The fourth-order valence-electron chi connectivity index (χ4n) is 1.20. The number of aliphatic hydroxyl groups is 1. The van der Waals surface area contributed by atoms with Crippen LogP contribution in [0.25, 0.3) is 0 Å². The van der Waals surface area contributed by atoms with Gasteiger partial charge in [0, 0.05) is 12.7 Å². The summed E-state index contributed by atoms with van der Waals surface area (Å²) in [6.45, 7) is 2.30. The van der Waals surface area contributed by atoms with Crippen LogP contribution in [0.5, 0.6) is 0 Å². The van der Waals surface area contributed by atoms with Crippen molar-refractivity contribution >= 4 is 29.1 Å². The lowest BCUT2D eigenvalue weighted by atomic mass is 10.2. The number of aliphatic hydroxyl groups excluding tert-OH is 1. The normalized spacial score (nSPS) is 12.2. The summed E-state index contributed by atoms with van der Waals surface area (Å²) in [6.07, 6.45) is 2.17. The summed E-state index contributed by atoms with van der Waals surface area (Å²) >= 11 is 11.4. The fourth-order valence-corrected chi connectivity index (χ4v) is 1.47. The van der Waals surface area contributed by atoms with Gasteiger partial charge in [0.25, 0.3) is 5.91 Å². The van der Waals surface area contributed by atoms with E-state index < -0.39 is 0 Å². The number of hydrogen-bond donors (Lipinski definition) is 2. The molecule has 0 fully saturated rings. The summed E-state index contributed by atoms with van der Waals surface area (Å²) in [6, 6.07) is 1.46. The Morgan fingerprint density at radius 2 is 2.29 bits per heavy atom. The molecule has 1 aromatic rings. The highest BCUT2D eigenvalue weighted by molar-refractivity contribution is 6.41. The number of halogens is 2. The molecule has 0 aliphatic heterocycles. The van der Waals surface area contributed by atoms with Crippen LogP contribution in [0.15, 0.2) is 12.3 Å². The number of rotatable bonds is 5. The van der Waals surface area contributed by atoms with Gasteiger partial charge in [0.05, 0.1) is 16.7 Å². The number of carbonyl (C=O) groups is 1. The lowest BCUT2D eigenvalue weighted by molar-refractivity contribution is 0.0941. The number of hydrogen-bond acceptors (Lipinski definition) is 3. The summed E-state index contributed by atoms with van der Waals surface area (Å²) in [5.41, 5.74) is 0.352. The second-order valence-electron chi connectivity index (χ2n) is 3.60. The first kappa shape index (κ1) is 14.2. The van der Waals surface area contributed by atoms with E-state index in [1.54, 1.807) is 0 Å². The van der Waals surface area contributed by atoms with E-state index in [0.717, 1.165) is 0 Å². The Kier molecular flexibility index (Phi) is 5.68. The number of amides is 1. The molecule has 0 saturated heterocycles. The quantitative estimate of drug-likeness (QED) is 0.812. The van der Waals surface area contributed by atoms with E-state index in [0.29, 0.717) is 24.9 Å². The zero-order valence-electron chi connectivity index (χ0n) is 9.41. The lowest BCUT2D eigenvalue weighted by Crippen LogP contribution is -2.27. The van der Waals surface area contributed by atoms with Crippen molar-refractivity contribution in [2.75, 3.05) is 6.54 Å². The Morgan fingerprint density at radius 1 is 1.59 bits per heavy atom. The minimum absolute atomic E-state index is 0.171. The predicted octanol–water partition coefficient (Wildman–Crippen LogP) is 2.28. The van der Waals surface area contributed by atoms with Crippen molar-refractivity contribution in [2.24, 2.45) is 0 Å². The van der Waals surface area contributed by atoms with Crippen LogP contribution >= 0.6 is 23.2 Å². The molecule has 1 unspecified atom stereocenters. The molecule has 0 radical (unpaired) electrons. The first-order chi connectivity index (χ1) is 8.04. The first-order valence-electron chi connectivity index (χ1n) is 5.32. The average molecular weight is 277 g/mol. The summed E-state index contributed by atoms with van der Waals surface area (Å²) in [5, 5.41) is 12.4. The van der Waals surface area contributed by atoms with E-state index >= 15 is 0 Å².